The van der Waals surface area contributed by atoms with Crippen LogP contribution in [0.5, 0.6) is 17.2 Å². The molecular weight excluding hydrogens is 596 g/mol. The minimum absolute atomic E-state index is 0.0186. The number of fused-ring (bicyclic) bond motifs is 2. The summed E-state index contributed by atoms with van der Waals surface area (Å²) in [6.07, 6.45) is 1.94. The Morgan fingerprint density at radius 3 is 1.68 bits per heavy atom. The Balaban J connectivity index is 1.77. The van der Waals surface area contributed by atoms with Gasteiger partial charge in [0.1, 0.15) is 33.8 Å². The number of ketones is 1. The third-order valence-electron chi connectivity index (χ3n) is 8.08. The predicted octanol–water partition coefficient (Wildman–Crippen LogP) is 8.47. The fourth-order valence-electron chi connectivity index (χ4n) is 5.60. The van der Waals surface area contributed by atoms with E-state index < -0.39 is 17.4 Å². The van der Waals surface area contributed by atoms with Crippen molar-refractivity contribution >= 4 is 39.7 Å². The summed E-state index contributed by atoms with van der Waals surface area (Å²) in [4.78, 5) is 53.8. The maximum Gasteiger partial charge on any atom is 0.343 e. The number of phenolic OH excluding ortho intramolecular Hbond substituents is 1. The van der Waals surface area contributed by atoms with Crippen LogP contribution < -0.4 is 14.9 Å². The highest BCUT2D eigenvalue weighted by molar-refractivity contribution is 6.07. The first-order valence-corrected chi connectivity index (χ1v) is 15.8. The van der Waals surface area contributed by atoms with E-state index in [4.69, 9.17) is 13.9 Å². The number of Topliss-reactive ketones (excluding diaryl/α,β-unsaturated/α-hetero) is 1. The summed E-state index contributed by atoms with van der Waals surface area (Å²) >= 11 is 0. The normalized spacial score (nSPS) is 11.4. The van der Waals surface area contributed by atoms with Crippen molar-refractivity contribution in [2.75, 3.05) is 0 Å². The Labute approximate surface area is 272 Å². The lowest BCUT2D eigenvalue weighted by atomic mass is 9.91. The molecular formula is C39H38O8. The molecule has 0 unspecified atom stereocenters. The number of rotatable bonds is 11. The van der Waals surface area contributed by atoms with Crippen molar-refractivity contribution in [3.63, 3.8) is 0 Å². The molecule has 4 aromatic carbocycles. The first kappa shape index (κ1) is 33.1. The van der Waals surface area contributed by atoms with E-state index in [0.29, 0.717) is 42.4 Å². The van der Waals surface area contributed by atoms with Crippen molar-refractivity contribution in [1.82, 2.24) is 0 Å². The van der Waals surface area contributed by atoms with Gasteiger partial charge in [-0.1, -0.05) is 64.1 Å². The molecule has 0 saturated carbocycles. The molecule has 0 bridgehead atoms. The van der Waals surface area contributed by atoms with Crippen LogP contribution in [0.3, 0.4) is 0 Å². The summed E-state index contributed by atoms with van der Waals surface area (Å²) in [5, 5.41) is 11.7. The van der Waals surface area contributed by atoms with Crippen molar-refractivity contribution in [3.8, 4) is 17.2 Å². The van der Waals surface area contributed by atoms with Crippen LogP contribution in [-0.2, 0) is 12.8 Å². The van der Waals surface area contributed by atoms with Crippen LogP contribution in [0.15, 0.2) is 82.0 Å². The number of ether oxygens (including phenoxy) is 2. The molecule has 0 saturated heterocycles. The topological polar surface area (TPSA) is 120 Å². The number of hydrogen-bond acceptors (Lipinski definition) is 8. The van der Waals surface area contributed by atoms with E-state index in [9.17, 15) is 24.3 Å². The number of hydrogen-bond donors (Lipinski definition) is 1. The van der Waals surface area contributed by atoms with E-state index >= 15 is 0 Å². The van der Waals surface area contributed by atoms with Crippen LogP contribution in [-0.4, -0.2) is 22.8 Å². The summed E-state index contributed by atoms with van der Waals surface area (Å²) in [6, 6.07) is 19.6. The number of phenols is 1. The molecule has 0 amide bonds. The number of benzene rings is 4. The Morgan fingerprint density at radius 2 is 1.17 bits per heavy atom. The first-order valence-electron chi connectivity index (χ1n) is 15.8. The molecule has 8 heteroatoms. The highest BCUT2D eigenvalue weighted by Crippen LogP contribution is 2.40. The van der Waals surface area contributed by atoms with Crippen molar-refractivity contribution in [2.45, 2.75) is 60.3 Å². The number of esters is 2. The van der Waals surface area contributed by atoms with Crippen LogP contribution in [0.1, 0.15) is 89.7 Å². The zero-order chi connectivity index (χ0) is 33.8. The second kappa shape index (κ2) is 14.0. The van der Waals surface area contributed by atoms with Crippen LogP contribution in [0.4, 0.5) is 0 Å². The standard InChI is InChI=1S/C39H38O8/c1-22(2)16-18-27-29(46-38(43)25-12-8-6-9-13-25)20-32-35(36(27)41)37(42)34-28(19-17-23(3)4)33(24(5)40)30(21-31(34)45-32)47-39(44)26-14-10-7-11-15-26/h6-15,20-23,41H,16-19H2,1-5H3. The van der Waals surface area contributed by atoms with Gasteiger partial charge in [-0.15, -0.1) is 0 Å². The van der Waals surface area contributed by atoms with E-state index in [1.165, 1.54) is 19.1 Å². The Morgan fingerprint density at radius 1 is 0.702 bits per heavy atom. The molecule has 0 aliphatic rings. The van der Waals surface area contributed by atoms with Gasteiger partial charge in [-0.3, -0.25) is 9.59 Å². The SMILES string of the molecule is CC(=O)c1c(OC(=O)c2ccccc2)cc2oc3cc(OC(=O)c4ccccc4)c(CCC(C)C)c(O)c3c(=O)c2c1CCC(C)C. The number of carbonyl (C=O) groups is 3. The predicted molar refractivity (Wildman–Crippen MR) is 181 cm³/mol. The molecule has 5 aromatic rings. The van der Waals surface area contributed by atoms with E-state index in [2.05, 4.69) is 0 Å². The van der Waals surface area contributed by atoms with Crippen LogP contribution in [0, 0.1) is 11.8 Å². The minimum atomic E-state index is -0.673. The minimum Gasteiger partial charge on any atom is -0.507 e. The van der Waals surface area contributed by atoms with Crippen LogP contribution >= 0.6 is 0 Å². The molecule has 1 heterocycles. The van der Waals surface area contributed by atoms with Gasteiger partial charge >= 0.3 is 11.9 Å². The van der Waals surface area contributed by atoms with Crippen molar-refractivity contribution < 1.29 is 33.4 Å². The number of aromatic hydroxyl groups is 1. The molecule has 0 aliphatic heterocycles. The molecule has 5 rings (SSSR count). The Bertz CT molecular complexity index is 2020. The number of carbonyl (C=O) groups excluding carboxylic acids is 3. The molecule has 1 N–H and O–H groups in total. The summed E-state index contributed by atoms with van der Waals surface area (Å²) in [5.41, 5.74) is 0.929. The van der Waals surface area contributed by atoms with Gasteiger partial charge in [0.15, 0.2) is 5.78 Å². The van der Waals surface area contributed by atoms with Gasteiger partial charge in [0.2, 0.25) is 5.43 Å². The monoisotopic (exact) mass is 634 g/mol. The second-order valence-corrected chi connectivity index (χ2v) is 12.5. The van der Waals surface area contributed by atoms with Crippen molar-refractivity contribution in [3.05, 3.63) is 111 Å². The summed E-state index contributed by atoms with van der Waals surface area (Å²) in [5.74, 6) is -1.50. The second-order valence-electron chi connectivity index (χ2n) is 12.5. The molecule has 242 valence electrons. The lowest BCUT2D eigenvalue weighted by Gasteiger charge is -2.18. The van der Waals surface area contributed by atoms with Crippen LogP contribution in [0.25, 0.3) is 21.9 Å². The highest BCUT2D eigenvalue weighted by Gasteiger charge is 2.27. The molecule has 0 aliphatic carbocycles. The van der Waals surface area contributed by atoms with Gasteiger partial charge < -0.3 is 19.0 Å². The van der Waals surface area contributed by atoms with E-state index in [-0.39, 0.29) is 67.9 Å². The summed E-state index contributed by atoms with van der Waals surface area (Å²) < 4.78 is 17.8. The molecule has 0 spiro atoms. The van der Waals surface area contributed by atoms with Crippen molar-refractivity contribution in [1.29, 1.82) is 0 Å². The van der Waals surface area contributed by atoms with E-state index in [1.807, 2.05) is 27.7 Å². The van der Waals surface area contributed by atoms with Gasteiger partial charge in [0.05, 0.1) is 22.1 Å². The van der Waals surface area contributed by atoms with Gasteiger partial charge in [0.25, 0.3) is 0 Å². The zero-order valence-corrected chi connectivity index (χ0v) is 27.2. The highest BCUT2D eigenvalue weighted by atomic mass is 16.5. The molecule has 8 nitrogen and oxygen atoms in total. The fraction of sp³-hybridized carbons (Fsp3) is 0.282. The quantitative estimate of drug-likeness (QED) is 0.0665. The summed E-state index contributed by atoms with van der Waals surface area (Å²) in [6.45, 7) is 9.47. The van der Waals surface area contributed by atoms with Gasteiger partial charge in [-0.25, -0.2) is 9.59 Å². The smallest absolute Gasteiger partial charge is 0.343 e. The number of aryl methyl sites for hydroxylation is 1. The van der Waals surface area contributed by atoms with Crippen LogP contribution in [0.2, 0.25) is 0 Å². The molecule has 0 fully saturated rings. The average molecular weight is 635 g/mol. The molecule has 0 radical (unpaired) electrons. The zero-order valence-electron chi connectivity index (χ0n) is 27.2. The maximum absolute atomic E-state index is 14.4. The van der Waals surface area contributed by atoms with E-state index in [0.717, 1.165) is 0 Å². The van der Waals surface area contributed by atoms with Gasteiger partial charge in [-0.2, -0.15) is 0 Å². The lowest BCUT2D eigenvalue weighted by molar-refractivity contribution is 0.0722. The molecule has 47 heavy (non-hydrogen) atoms. The lowest BCUT2D eigenvalue weighted by Crippen LogP contribution is -2.16. The van der Waals surface area contributed by atoms with Gasteiger partial charge in [0, 0.05) is 17.7 Å². The first-order chi connectivity index (χ1) is 22.5. The fourth-order valence-corrected chi connectivity index (χ4v) is 5.60. The third-order valence-corrected chi connectivity index (χ3v) is 8.08. The van der Waals surface area contributed by atoms with Gasteiger partial charge in [-0.05, 0) is 74.3 Å². The van der Waals surface area contributed by atoms with E-state index in [1.54, 1.807) is 60.7 Å². The Hall–Kier alpha value is -5.24. The Kier molecular flexibility index (Phi) is 9.89. The summed E-state index contributed by atoms with van der Waals surface area (Å²) in [7, 11) is 0. The molecule has 0 atom stereocenters. The average Bonchev–Trinajstić information content (AvgIpc) is 3.03. The largest absolute Gasteiger partial charge is 0.507 e. The molecule has 1 aromatic heterocycles. The maximum atomic E-state index is 14.4. The van der Waals surface area contributed by atoms with Crippen molar-refractivity contribution in [2.24, 2.45) is 11.8 Å². The third kappa shape index (κ3) is 7.12.